The number of thioether (sulfide) groups is 1. The third-order valence-corrected chi connectivity index (χ3v) is 6.42. The molecule has 0 saturated carbocycles. The van der Waals surface area contributed by atoms with Crippen LogP contribution in [-0.2, 0) is 11.2 Å². The van der Waals surface area contributed by atoms with E-state index in [9.17, 15) is 9.59 Å². The third-order valence-electron chi connectivity index (χ3n) is 5.37. The highest BCUT2D eigenvalue weighted by Crippen LogP contribution is 2.35. The molecule has 2 atom stereocenters. The smallest absolute Gasteiger partial charge is 0.262 e. The molecule has 0 spiro atoms. The Morgan fingerprint density at radius 3 is 2.55 bits per heavy atom. The highest BCUT2D eigenvalue weighted by atomic mass is 32.2. The van der Waals surface area contributed by atoms with Gasteiger partial charge in [0.2, 0.25) is 5.91 Å². The number of carbonyl (C=O) groups excluding carboxylic acids is 1. The molecule has 150 valence electrons. The van der Waals surface area contributed by atoms with Crippen LogP contribution in [0.3, 0.4) is 0 Å². The zero-order chi connectivity index (χ0) is 20.7. The molecule has 0 radical (unpaired) electrons. The molecule has 1 aliphatic heterocycles. The normalized spacial score (nSPS) is 17.0. The van der Waals surface area contributed by atoms with Crippen LogP contribution in [0.25, 0.3) is 10.9 Å². The zero-order valence-electron chi connectivity index (χ0n) is 17.1. The average molecular weight is 408 g/mol. The van der Waals surface area contributed by atoms with Crippen molar-refractivity contribution in [3.63, 3.8) is 0 Å². The highest BCUT2D eigenvalue weighted by Gasteiger charge is 2.34. The molecule has 2 heterocycles. The van der Waals surface area contributed by atoms with Crippen molar-refractivity contribution in [3.8, 4) is 0 Å². The van der Waals surface area contributed by atoms with Gasteiger partial charge < -0.3 is 4.90 Å². The van der Waals surface area contributed by atoms with E-state index in [1.54, 1.807) is 10.6 Å². The molecule has 0 aliphatic carbocycles. The SMILES string of the molecule is CC(Sc1nc2ccccc2c(=O)n1C(C)C)C(=O)N1c2ccccc2CC1C. The molecule has 1 aliphatic rings. The molecule has 3 aromatic rings. The van der Waals surface area contributed by atoms with Gasteiger partial charge in [0.15, 0.2) is 5.16 Å². The minimum absolute atomic E-state index is 0.0455. The molecule has 29 heavy (non-hydrogen) atoms. The van der Waals surface area contributed by atoms with Crippen LogP contribution < -0.4 is 10.5 Å². The fraction of sp³-hybridized carbons (Fsp3) is 0.348. The van der Waals surface area contributed by atoms with E-state index < -0.39 is 0 Å². The maximum Gasteiger partial charge on any atom is 0.262 e. The maximum absolute atomic E-state index is 13.3. The van der Waals surface area contributed by atoms with Crippen LogP contribution in [0.15, 0.2) is 58.5 Å². The molecule has 0 saturated heterocycles. The Kier molecular flexibility index (Phi) is 5.21. The summed E-state index contributed by atoms with van der Waals surface area (Å²) in [6, 6.07) is 15.5. The number of para-hydroxylation sites is 2. The summed E-state index contributed by atoms with van der Waals surface area (Å²) in [7, 11) is 0. The summed E-state index contributed by atoms with van der Waals surface area (Å²) in [6.45, 7) is 7.90. The molecule has 5 nitrogen and oxygen atoms in total. The van der Waals surface area contributed by atoms with Gasteiger partial charge in [0.1, 0.15) is 0 Å². The minimum atomic E-state index is -0.360. The largest absolute Gasteiger partial charge is 0.308 e. The summed E-state index contributed by atoms with van der Waals surface area (Å²) in [5.74, 6) is 0.0464. The van der Waals surface area contributed by atoms with Crippen LogP contribution in [0.4, 0.5) is 5.69 Å². The molecular formula is C23H25N3O2S. The number of nitrogens with zero attached hydrogens (tertiary/aromatic N) is 3. The Morgan fingerprint density at radius 2 is 1.79 bits per heavy atom. The second kappa shape index (κ2) is 7.67. The average Bonchev–Trinajstić information content (AvgIpc) is 3.02. The number of carbonyl (C=O) groups is 1. The Balaban J connectivity index is 1.69. The number of benzene rings is 2. The lowest BCUT2D eigenvalue weighted by molar-refractivity contribution is -0.118. The van der Waals surface area contributed by atoms with E-state index in [1.807, 2.05) is 62.1 Å². The molecule has 0 fully saturated rings. The van der Waals surface area contributed by atoms with E-state index in [-0.39, 0.29) is 28.8 Å². The Bertz CT molecular complexity index is 1140. The van der Waals surface area contributed by atoms with Crippen molar-refractivity contribution in [1.82, 2.24) is 9.55 Å². The number of hydrogen-bond acceptors (Lipinski definition) is 4. The second-order valence-electron chi connectivity index (χ2n) is 7.83. The van der Waals surface area contributed by atoms with Crippen LogP contribution in [0, 0.1) is 0 Å². The van der Waals surface area contributed by atoms with E-state index in [4.69, 9.17) is 4.98 Å². The van der Waals surface area contributed by atoms with Crippen molar-refractivity contribution in [3.05, 3.63) is 64.4 Å². The molecule has 6 heteroatoms. The molecule has 4 rings (SSSR count). The van der Waals surface area contributed by atoms with Crippen molar-refractivity contribution < 1.29 is 4.79 Å². The monoisotopic (exact) mass is 407 g/mol. The van der Waals surface area contributed by atoms with Gasteiger partial charge in [-0.15, -0.1) is 0 Å². The summed E-state index contributed by atoms with van der Waals surface area (Å²) in [5.41, 5.74) is 2.79. The van der Waals surface area contributed by atoms with Crippen molar-refractivity contribution in [2.24, 2.45) is 0 Å². The first-order valence-corrected chi connectivity index (χ1v) is 10.9. The fourth-order valence-corrected chi connectivity index (χ4v) is 5.06. The lowest BCUT2D eigenvalue weighted by atomic mass is 10.1. The molecule has 2 aromatic carbocycles. The van der Waals surface area contributed by atoms with E-state index in [1.165, 1.54) is 17.3 Å². The third kappa shape index (κ3) is 3.46. The van der Waals surface area contributed by atoms with Crippen LogP contribution in [0.2, 0.25) is 0 Å². The number of aromatic nitrogens is 2. The zero-order valence-corrected chi connectivity index (χ0v) is 17.9. The van der Waals surface area contributed by atoms with E-state index in [0.29, 0.717) is 16.1 Å². The first-order valence-electron chi connectivity index (χ1n) is 9.97. The standard InChI is InChI=1S/C23H25N3O2S/c1-14(2)25-22(28)18-10-6-7-11-19(18)24-23(25)29-16(4)21(27)26-15(3)13-17-9-5-8-12-20(17)26/h5-12,14-16H,13H2,1-4H3. The number of rotatable bonds is 4. The van der Waals surface area contributed by atoms with E-state index in [0.717, 1.165) is 12.1 Å². The van der Waals surface area contributed by atoms with Crippen LogP contribution in [0.5, 0.6) is 0 Å². The van der Waals surface area contributed by atoms with Gasteiger partial charge >= 0.3 is 0 Å². The van der Waals surface area contributed by atoms with Gasteiger partial charge in [-0.2, -0.15) is 0 Å². The van der Waals surface area contributed by atoms with Crippen molar-refractivity contribution in [2.45, 2.75) is 56.6 Å². The highest BCUT2D eigenvalue weighted by molar-refractivity contribution is 8.00. The van der Waals surface area contributed by atoms with Gasteiger partial charge in [0.05, 0.1) is 16.2 Å². The minimum Gasteiger partial charge on any atom is -0.308 e. The lowest BCUT2D eigenvalue weighted by Crippen LogP contribution is -2.40. The van der Waals surface area contributed by atoms with Gasteiger partial charge in [-0.05, 0) is 57.9 Å². The topological polar surface area (TPSA) is 55.2 Å². The molecule has 1 amide bonds. The number of anilines is 1. The maximum atomic E-state index is 13.3. The van der Waals surface area contributed by atoms with Gasteiger partial charge in [-0.25, -0.2) is 4.98 Å². The van der Waals surface area contributed by atoms with E-state index >= 15 is 0 Å². The van der Waals surface area contributed by atoms with Gasteiger partial charge in [-0.3, -0.25) is 14.2 Å². The number of amides is 1. The fourth-order valence-electron chi connectivity index (χ4n) is 3.97. The van der Waals surface area contributed by atoms with Gasteiger partial charge in [0, 0.05) is 17.8 Å². The first-order chi connectivity index (χ1) is 13.9. The summed E-state index contributed by atoms with van der Waals surface area (Å²) < 4.78 is 1.69. The van der Waals surface area contributed by atoms with Crippen molar-refractivity contribution >= 4 is 34.3 Å². The summed E-state index contributed by atoms with van der Waals surface area (Å²) >= 11 is 1.36. The molecule has 0 N–H and O–H groups in total. The molecular weight excluding hydrogens is 382 g/mol. The van der Waals surface area contributed by atoms with Gasteiger partial charge in [-0.1, -0.05) is 42.1 Å². The molecule has 2 unspecified atom stereocenters. The Labute approximate surface area is 174 Å². The predicted octanol–water partition coefficient (Wildman–Crippen LogP) is 4.44. The van der Waals surface area contributed by atoms with Gasteiger partial charge in [0.25, 0.3) is 5.56 Å². The van der Waals surface area contributed by atoms with Crippen molar-refractivity contribution in [1.29, 1.82) is 0 Å². The molecule has 1 aromatic heterocycles. The van der Waals surface area contributed by atoms with Crippen LogP contribution in [0.1, 0.15) is 39.3 Å². The Morgan fingerprint density at radius 1 is 1.10 bits per heavy atom. The lowest BCUT2D eigenvalue weighted by Gasteiger charge is -2.26. The first kappa shape index (κ1) is 19.7. The number of hydrogen-bond donors (Lipinski definition) is 0. The second-order valence-corrected chi connectivity index (χ2v) is 9.14. The summed E-state index contributed by atoms with van der Waals surface area (Å²) in [4.78, 5) is 33.0. The van der Waals surface area contributed by atoms with E-state index in [2.05, 4.69) is 13.0 Å². The summed E-state index contributed by atoms with van der Waals surface area (Å²) in [5, 5.41) is 0.831. The number of fused-ring (bicyclic) bond motifs is 2. The van der Waals surface area contributed by atoms with Crippen molar-refractivity contribution in [2.75, 3.05) is 4.90 Å². The molecule has 0 bridgehead atoms. The Hall–Kier alpha value is -2.60. The van der Waals surface area contributed by atoms with Crippen LogP contribution >= 0.6 is 11.8 Å². The van der Waals surface area contributed by atoms with Crippen LogP contribution in [-0.4, -0.2) is 26.8 Å². The quantitative estimate of drug-likeness (QED) is 0.474. The predicted molar refractivity (Wildman–Crippen MR) is 119 cm³/mol. The summed E-state index contributed by atoms with van der Waals surface area (Å²) in [6.07, 6.45) is 0.865.